The van der Waals surface area contributed by atoms with Gasteiger partial charge in [0.05, 0.1) is 31.8 Å². The van der Waals surface area contributed by atoms with Crippen molar-refractivity contribution in [1.82, 2.24) is 0 Å². The fourth-order valence-corrected chi connectivity index (χ4v) is 4.44. The molecule has 0 rings (SSSR count). The highest BCUT2D eigenvalue weighted by Crippen LogP contribution is 2.19. The van der Waals surface area contributed by atoms with Crippen LogP contribution in [0.2, 0.25) is 0 Å². The molecule has 0 spiro atoms. The molecular formula is C37H64O10. The molecule has 0 aromatic rings. The van der Waals surface area contributed by atoms with Crippen LogP contribution in [0.3, 0.4) is 0 Å². The van der Waals surface area contributed by atoms with Crippen molar-refractivity contribution < 1.29 is 48.3 Å². The number of hydrogen-bond acceptors (Lipinski definition) is 10. The summed E-state index contributed by atoms with van der Waals surface area (Å²) >= 11 is 0. The van der Waals surface area contributed by atoms with E-state index in [2.05, 4.69) is 26.0 Å². The highest BCUT2D eigenvalue weighted by atomic mass is 16.6. The second-order valence-electron chi connectivity index (χ2n) is 12.2. The lowest BCUT2D eigenvalue weighted by molar-refractivity contribution is -0.159. The van der Waals surface area contributed by atoms with Gasteiger partial charge in [-0.2, -0.15) is 0 Å². The number of carbonyl (C=O) groups is 4. The molecular weight excluding hydrogens is 604 g/mol. The van der Waals surface area contributed by atoms with Crippen LogP contribution in [0.4, 0.5) is 0 Å². The van der Waals surface area contributed by atoms with E-state index in [1.165, 1.54) is 38.5 Å². The van der Waals surface area contributed by atoms with E-state index in [-0.39, 0.29) is 38.0 Å². The van der Waals surface area contributed by atoms with Crippen LogP contribution in [-0.4, -0.2) is 73.7 Å². The van der Waals surface area contributed by atoms with Crippen molar-refractivity contribution >= 4 is 23.9 Å². The Morgan fingerprint density at radius 3 is 1.15 bits per heavy atom. The first-order chi connectivity index (χ1) is 22.8. The maximum absolute atomic E-state index is 12.2. The molecule has 2 N–H and O–H groups in total. The number of aliphatic hydroxyl groups is 2. The van der Waals surface area contributed by atoms with Crippen molar-refractivity contribution in [2.45, 2.75) is 142 Å². The Morgan fingerprint density at radius 1 is 0.468 bits per heavy atom. The minimum Gasteiger partial charge on any atom is -0.465 e. The van der Waals surface area contributed by atoms with Crippen LogP contribution in [0.15, 0.2) is 24.3 Å². The predicted molar refractivity (Wildman–Crippen MR) is 182 cm³/mol. The Balaban J connectivity index is 3.98. The quantitative estimate of drug-likeness (QED) is 0.0330. The summed E-state index contributed by atoms with van der Waals surface area (Å²) in [6.07, 6.45) is 23.5. The molecule has 10 heteroatoms. The van der Waals surface area contributed by atoms with Crippen molar-refractivity contribution in [3.05, 3.63) is 24.3 Å². The summed E-state index contributed by atoms with van der Waals surface area (Å²) in [7, 11) is 0. The van der Waals surface area contributed by atoms with Gasteiger partial charge in [0, 0.05) is 25.7 Å². The average molecular weight is 669 g/mol. The van der Waals surface area contributed by atoms with E-state index in [1.54, 1.807) is 0 Å². The number of aliphatic hydroxyl groups excluding tert-OH is 2. The molecule has 0 amide bonds. The zero-order valence-corrected chi connectivity index (χ0v) is 29.4. The standard InChI is InChI=1S/C37H64O10/c1-3-5-7-9-11-13-21-27-44-33(40)23-17-15-19-25-35(42)46-31-37(29-38,30-39)32-47-36(43)26-20-16-18-24-34(41)45-28-22-14-12-10-8-6-4-2/h11-14,38-39H,3-10,15-32H2,1-2H3/b13-11-,14-12-. The Hall–Kier alpha value is -2.72. The van der Waals surface area contributed by atoms with E-state index >= 15 is 0 Å². The van der Waals surface area contributed by atoms with Crippen LogP contribution in [0.25, 0.3) is 0 Å². The van der Waals surface area contributed by atoms with Crippen LogP contribution in [0.5, 0.6) is 0 Å². The minimum atomic E-state index is -1.30. The first kappa shape index (κ1) is 44.3. The van der Waals surface area contributed by atoms with E-state index in [0.717, 1.165) is 12.8 Å². The van der Waals surface area contributed by atoms with Crippen LogP contribution in [0, 0.1) is 5.41 Å². The monoisotopic (exact) mass is 668 g/mol. The number of esters is 4. The van der Waals surface area contributed by atoms with Gasteiger partial charge in [0.2, 0.25) is 0 Å². The van der Waals surface area contributed by atoms with E-state index < -0.39 is 30.6 Å². The molecule has 0 aliphatic carbocycles. The van der Waals surface area contributed by atoms with Gasteiger partial charge in [-0.25, -0.2) is 0 Å². The summed E-state index contributed by atoms with van der Waals surface area (Å²) in [6, 6.07) is 0. The van der Waals surface area contributed by atoms with Crippen molar-refractivity contribution in [2.75, 3.05) is 39.6 Å². The van der Waals surface area contributed by atoms with Crippen molar-refractivity contribution in [2.24, 2.45) is 5.41 Å². The summed E-state index contributed by atoms with van der Waals surface area (Å²) in [5.41, 5.74) is -1.30. The molecule has 0 atom stereocenters. The van der Waals surface area contributed by atoms with Crippen molar-refractivity contribution in [1.29, 1.82) is 0 Å². The number of unbranched alkanes of at least 4 members (excludes halogenated alkanes) is 10. The predicted octanol–water partition coefficient (Wildman–Crippen LogP) is 7.08. The summed E-state index contributed by atoms with van der Waals surface area (Å²) in [4.78, 5) is 48.1. The molecule has 0 aliphatic rings. The molecule has 272 valence electrons. The summed E-state index contributed by atoms with van der Waals surface area (Å²) in [5.74, 6) is -1.48. The third kappa shape index (κ3) is 28.0. The molecule has 0 aliphatic heterocycles. The lowest BCUT2D eigenvalue weighted by atomic mass is 9.92. The largest absolute Gasteiger partial charge is 0.465 e. The molecule has 0 fully saturated rings. The summed E-state index contributed by atoms with van der Waals surface area (Å²) in [6.45, 7) is 3.45. The number of rotatable bonds is 32. The molecule has 0 saturated carbocycles. The van der Waals surface area contributed by atoms with E-state index in [4.69, 9.17) is 18.9 Å². The smallest absolute Gasteiger partial charge is 0.305 e. The lowest BCUT2D eigenvalue weighted by Gasteiger charge is -2.28. The van der Waals surface area contributed by atoms with Gasteiger partial charge < -0.3 is 29.2 Å². The van der Waals surface area contributed by atoms with Crippen LogP contribution in [0.1, 0.15) is 142 Å². The topological polar surface area (TPSA) is 146 Å². The average Bonchev–Trinajstić information content (AvgIpc) is 3.07. The second kappa shape index (κ2) is 31.9. The Kier molecular flexibility index (Phi) is 30.0. The van der Waals surface area contributed by atoms with Gasteiger partial charge in [0.25, 0.3) is 0 Å². The third-order valence-corrected chi connectivity index (χ3v) is 7.65. The van der Waals surface area contributed by atoms with Crippen molar-refractivity contribution in [3.63, 3.8) is 0 Å². The van der Waals surface area contributed by atoms with E-state index in [9.17, 15) is 29.4 Å². The normalized spacial score (nSPS) is 11.7. The Bertz CT molecular complexity index is 797. The van der Waals surface area contributed by atoms with Gasteiger partial charge in [-0.15, -0.1) is 0 Å². The first-order valence-corrected chi connectivity index (χ1v) is 18.0. The number of ether oxygens (including phenoxy) is 4. The zero-order chi connectivity index (χ0) is 34.9. The fourth-order valence-electron chi connectivity index (χ4n) is 4.44. The highest BCUT2D eigenvalue weighted by molar-refractivity contribution is 5.70. The van der Waals surface area contributed by atoms with Gasteiger partial charge in [-0.05, 0) is 64.2 Å². The van der Waals surface area contributed by atoms with E-state index in [1.807, 2.05) is 12.2 Å². The SMILES string of the molecule is CCCCC/C=C\CCOC(=O)CCCCCC(=O)OCC(CO)(CO)COC(=O)CCCCCC(=O)OCC/C=C\CCCCC. The fraction of sp³-hybridized carbons (Fsp3) is 0.784. The zero-order valence-electron chi connectivity index (χ0n) is 29.4. The Morgan fingerprint density at radius 2 is 0.809 bits per heavy atom. The number of allylic oxidation sites excluding steroid dienone is 2. The van der Waals surface area contributed by atoms with E-state index in [0.29, 0.717) is 77.4 Å². The molecule has 0 aromatic heterocycles. The summed E-state index contributed by atoms with van der Waals surface area (Å²) in [5, 5.41) is 19.7. The van der Waals surface area contributed by atoms with Gasteiger partial charge in [-0.1, -0.05) is 76.7 Å². The summed E-state index contributed by atoms with van der Waals surface area (Å²) < 4.78 is 21.0. The molecule has 0 saturated heterocycles. The number of hydrogen-bond donors (Lipinski definition) is 2. The van der Waals surface area contributed by atoms with Gasteiger partial charge in [0.15, 0.2) is 0 Å². The highest BCUT2D eigenvalue weighted by Gasteiger charge is 2.33. The van der Waals surface area contributed by atoms with Crippen molar-refractivity contribution in [3.8, 4) is 0 Å². The van der Waals surface area contributed by atoms with Gasteiger partial charge >= 0.3 is 23.9 Å². The Labute approximate surface area is 283 Å². The molecule has 0 unspecified atom stereocenters. The molecule has 0 bridgehead atoms. The molecule has 47 heavy (non-hydrogen) atoms. The first-order valence-electron chi connectivity index (χ1n) is 18.0. The van der Waals surface area contributed by atoms with Crippen LogP contribution >= 0.6 is 0 Å². The molecule has 0 heterocycles. The minimum absolute atomic E-state index is 0.133. The maximum Gasteiger partial charge on any atom is 0.305 e. The lowest BCUT2D eigenvalue weighted by Crippen LogP contribution is -2.41. The number of carbonyl (C=O) groups excluding carboxylic acids is 4. The molecule has 0 aromatic carbocycles. The maximum atomic E-state index is 12.2. The molecule has 10 nitrogen and oxygen atoms in total. The van der Waals surface area contributed by atoms with Crippen LogP contribution < -0.4 is 0 Å². The second-order valence-corrected chi connectivity index (χ2v) is 12.2. The molecule has 0 radical (unpaired) electrons. The van der Waals surface area contributed by atoms with Gasteiger partial charge in [0.1, 0.15) is 13.2 Å². The van der Waals surface area contributed by atoms with Crippen LogP contribution in [-0.2, 0) is 38.1 Å². The van der Waals surface area contributed by atoms with Gasteiger partial charge in [-0.3, -0.25) is 19.2 Å². The third-order valence-electron chi connectivity index (χ3n) is 7.65.